The molecule has 1 saturated heterocycles. The van der Waals surface area contributed by atoms with Gasteiger partial charge in [-0.25, -0.2) is 19.3 Å². The van der Waals surface area contributed by atoms with Crippen LogP contribution < -0.4 is 11.0 Å². The van der Waals surface area contributed by atoms with Crippen LogP contribution in [-0.4, -0.2) is 39.3 Å². The van der Waals surface area contributed by atoms with Gasteiger partial charge < -0.3 is 10.1 Å². The van der Waals surface area contributed by atoms with E-state index < -0.39 is 0 Å². The Bertz CT molecular complexity index is 584. The van der Waals surface area contributed by atoms with Gasteiger partial charge in [0.1, 0.15) is 12.1 Å². The van der Waals surface area contributed by atoms with Crippen molar-refractivity contribution in [1.29, 1.82) is 0 Å². The van der Waals surface area contributed by atoms with Gasteiger partial charge in [-0.05, 0) is 18.8 Å². The van der Waals surface area contributed by atoms with Crippen molar-refractivity contribution >= 4 is 11.5 Å². The zero-order valence-electron chi connectivity index (χ0n) is 9.93. The molecular formula is C11H15N5O2. The minimum absolute atomic E-state index is 0.271. The third kappa shape index (κ3) is 2.21. The van der Waals surface area contributed by atoms with Crippen LogP contribution in [0.4, 0.5) is 5.82 Å². The number of hydrogen-bond donors (Lipinski definition) is 2. The van der Waals surface area contributed by atoms with Crippen molar-refractivity contribution in [2.45, 2.75) is 12.8 Å². The van der Waals surface area contributed by atoms with Crippen LogP contribution >= 0.6 is 0 Å². The SMILES string of the molecule is O=c1[nH]nc2cc(NCCC3CCOC3)ncn12. The molecule has 2 aromatic heterocycles. The van der Waals surface area contributed by atoms with Gasteiger partial charge in [-0.15, -0.1) is 0 Å². The van der Waals surface area contributed by atoms with E-state index in [4.69, 9.17) is 4.74 Å². The predicted octanol–water partition coefficient (Wildman–Crippen LogP) is 0.256. The number of rotatable bonds is 4. The highest BCUT2D eigenvalue weighted by Crippen LogP contribution is 2.16. The minimum Gasteiger partial charge on any atom is -0.381 e. The topological polar surface area (TPSA) is 84.3 Å². The van der Waals surface area contributed by atoms with Crippen molar-refractivity contribution in [3.05, 3.63) is 22.9 Å². The average molecular weight is 249 g/mol. The first-order chi connectivity index (χ1) is 8.83. The van der Waals surface area contributed by atoms with E-state index >= 15 is 0 Å². The predicted molar refractivity (Wildman–Crippen MR) is 65.6 cm³/mol. The summed E-state index contributed by atoms with van der Waals surface area (Å²) in [4.78, 5) is 15.4. The molecule has 0 saturated carbocycles. The molecule has 0 spiro atoms. The molecular weight excluding hydrogens is 234 g/mol. The summed E-state index contributed by atoms with van der Waals surface area (Å²) in [6.45, 7) is 2.60. The summed E-state index contributed by atoms with van der Waals surface area (Å²) in [5, 5.41) is 9.50. The maximum atomic E-state index is 11.2. The zero-order chi connectivity index (χ0) is 12.4. The van der Waals surface area contributed by atoms with E-state index in [1.807, 2.05) is 0 Å². The molecule has 3 heterocycles. The summed E-state index contributed by atoms with van der Waals surface area (Å²) in [5.74, 6) is 1.38. The molecule has 0 aliphatic carbocycles. The second-order valence-electron chi connectivity index (χ2n) is 4.48. The number of fused-ring (bicyclic) bond motifs is 1. The molecule has 0 aromatic carbocycles. The molecule has 96 valence electrons. The van der Waals surface area contributed by atoms with Gasteiger partial charge in [-0.1, -0.05) is 0 Å². The zero-order valence-corrected chi connectivity index (χ0v) is 9.93. The molecule has 1 aliphatic rings. The minimum atomic E-state index is -0.271. The fraction of sp³-hybridized carbons (Fsp3) is 0.545. The number of aromatic amines is 1. The maximum Gasteiger partial charge on any atom is 0.348 e. The highest BCUT2D eigenvalue weighted by atomic mass is 16.5. The molecule has 3 rings (SSSR count). The summed E-state index contributed by atoms with van der Waals surface area (Å²) in [5.41, 5.74) is 0.300. The third-order valence-corrected chi connectivity index (χ3v) is 3.19. The van der Waals surface area contributed by atoms with Gasteiger partial charge in [-0.3, -0.25) is 0 Å². The Labute approximate surface area is 103 Å². The van der Waals surface area contributed by atoms with Gasteiger partial charge in [0.25, 0.3) is 0 Å². The summed E-state index contributed by atoms with van der Waals surface area (Å²) in [6.07, 6.45) is 3.69. The lowest BCUT2D eigenvalue weighted by molar-refractivity contribution is 0.185. The summed E-state index contributed by atoms with van der Waals surface area (Å²) >= 11 is 0. The van der Waals surface area contributed by atoms with E-state index in [1.165, 1.54) is 10.7 Å². The van der Waals surface area contributed by atoms with Crippen molar-refractivity contribution in [2.24, 2.45) is 5.92 Å². The summed E-state index contributed by atoms with van der Waals surface area (Å²) in [6, 6.07) is 1.75. The Hall–Kier alpha value is -1.89. The number of ether oxygens (including phenoxy) is 1. The number of H-pyrrole nitrogens is 1. The first-order valence-electron chi connectivity index (χ1n) is 6.07. The molecule has 2 aromatic rings. The van der Waals surface area contributed by atoms with Gasteiger partial charge >= 0.3 is 5.69 Å². The lowest BCUT2D eigenvalue weighted by atomic mass is 10.1. The van der Waals surface area contributed by atoms with Crippen molar-refractivity contribution in [3.63, 3.8) is 0 Å². The van der Waals surface area contributed by atoms with Crippen molar-refractivity contribution in [1.82, 2.24) is 19.6 Å². The lowest BCUT2D eigenvalue weighted by Crippen LogP contribution is -2.12. The fourth-order valence-corrected chi connectivity index (χ4v) is 2.12. The molecule has 1 unspecified atom stereocenters. The largest absolute Gasteiger partial charge is 0.381 e. The Morgan fingerprint density at radius 2 is 2.56 bits per heavy atom. The smallest absolute Gasteiger partial charge is 0.348 e. The number of hydrogen-bond acceptors (Lipinski definition) is 5. The monoisotopic (exact) mass is 249 g/mol. The number of nitrogens with zero attached hydrogens (tertiary/aromatic N) is 3. The average Bonchev–Trinajstić information content (AvgIpc) is 3.00. The van der Waals surface area contributed by atoms with Crippen LogP contribution in [0.1, 0.15) is 12.8 Å². The first-order valence-corrected chi connectivity index (χ1v) is 6.07. The standard InChI is InChI=1S/C11H15N5O2/c17-11-15-14-10-5-9(13-7-16(10)11)12-3-1-8-2-4-18-6-8/h5,7-8,12H,1-4,6H2,(H,15,17). The molecule has 7 heteroatoms. The highest BCUT2D eigenvalue weighted by molar-refractivity contribution is 5.48. The lowest BCUT2D eigenvalue weighted by Gasteiger charge is -2.08. The molecule has 1 atom stereocenters. The van der Waals surface area contributed by atoms with Gasteiger partial charge in [0, 0.05) is 25.8 Å². The van der Waals surface area contributed by atoms with Gasteiger partial charge in [-0.2, -0.15) is 5.10 Å². The van der Waals surface area contributed by atoms with Crippen LogP contribution in [-0.2, 0) is 4.74 Å². The van der Waals surface area contributed by atoms with Crippen molar-refractivity contribution < 1.29 is 4.74 Å². The Kier molecular flexibility index (Phi) is 2.97. The second kappa shape index (κ2) is 4.77. The third-order valence-electron chi connectivity index (χ3n) is 3.19. The summed E-state index contributed by atoms with van der Waals surface area (Å²) < 4.78 is 6.70. The van der Waals surface area contributed by atoms with Gasteiger partial charge in [0.15, 0.2) is 5.65 Å². The van der Waals surface area contributed by atoms with Gasteiger partial charge in [0.2, 0.25) is 0 Å². The van der Waals surface area contributed by atoms with Gasteiger partial charge in [0.05, 0.1) is 0 Å². The highest BCUT2D eigenvalue weighted by Gasteiger charge is 2.14. The van der Waals surface area contributed by atoms with E-state index in [-0.39, 0.29) is 5.69 Å². The molecule has 0 bridgehead atoms. The molecule has 18 heavy (non-hydrogen) atoms. The van der Waals surface area contributed by atoms with Crippen LogP contribution in [0.2, 0.25) is 0 Å². The molecule has 0 radical (unpaired) electrons. The molecule has 2 N–H and O–H groups in total. The van der Waals surface area contributed by atoms with E-state index in [0.29, 0.717) is 11.6 Å². The first kappa shape index (κ1) is 11.2. The molecule has 1 aliphatic heterocycles. The van der Waals surface area contributed by atoms with Crippen LogP contribution in [0.15, 0.2) is 17.2 Å². The van der Waals surface area contributed by atoms with E-state index in [1.54, 1.807) is 6.07 Å². The Balaban J connectivity index is 1.62. The molecule has 1 fully saturated rings. The van der Waals surface area contributed by atoms with Crippen LogP contribution in [0, 0.1) is 5.92 Å². The normalized spacial score (nSPS) is 19.4. The van der Waals surface area contributed by atoms with Crippen molar-refractivity contribution in [3.8, 4) is 0 Å². The van der Waals surface area contributed by atoms with E-state index in [2.05, 4.69) is 20.5 Å². The number of aromatic nitrogens is 4. The number of anilines is 1. The Morgan fingerprint density at radius 1 is 1.61 bits per heavy atom. The maximum absolute atomic E-state index is 11.2. The van der Waals surface area contributed by atoms with Crippen LogP contribution in [0.25, 0.3) is 5.65 Å². The Morgan fingerprint density at radius 3 is 3.39 bits per heavy atom. The quantitative estimate of drug-likeness (QED) is 0.811. The van der Waals surface area contributed by atoms with Crippen LogP contribution in [0.3, 0.4) is 0 Å². The van der Waals surface area contributed by atoms with Crippen LogP contribution in [0.5, 0.6) is 0 Å². The van der Waals surface area contributed by atoms with E-state index in [9.17, 15) is 4.79 Å². The van der Waals surface area contributed by atoms with E-state index in [0.717, 1.165) is 38.4 Å². The molecule has 7 nitrogen and oxygen atoms in total. The summed E-state index contributed by atoms with van der Waals surface area (Å²) in [7, 11) is 0. The second-order valence-corrected chi connectivity index (χ2v) is 4.48. The van der Waals surface area contributed by atoms with Crippen molar-refractivity contribution in [2.75, 3.05) is 25.1 Å². The fourth-order valence-electron chi connectivity index (χ4n) is 2.12. The number of nitrogens with one attached hydrogen (secondary N) is 2. The molecule has 0 amide bonds.